The molecular weight excluding hydrogens is 445 g/mol. The molecule has 1 saturated heterocycles. The molecule has 0 saturated carbocycles. The first kappa shape index (κ1) is 23.8. The molecule has 1 aliphatic rings. The van der Waals surface area contributed by atoms with Crippen molar-refractivity contribution in [3.05, 3.63) is 65.2 Å². The molecule has 0 bridgehead atoms. The zero-order valence-corrected chi connectivity index (χ0v) is 18.2. The molecule has 0 aromatic heterocycles. The summed E-state index contributed by atoms with van der Waals surface area (Å²) in [5.74, 6) is -1.32. The third kappa shape index (κ3) is 4.95. The average molecular weight is 468 g/mol. The van der Waals surface area contributed by atoms with Gasteiger partial charge in [-0.15, -0.1) is 0 Å². The Morgan fingerprint density at radius 1 is 0.844 bits per heavy atom. The maximum atomic E-state index is 13.2. The van der Waals surface area contributed by atoms with E-state index in [0.29, 0.717) is 6.42 Å². The van der Waals surface area contributed by atoms with Crippen LogP contribution in [-0.4, -0.2) is 62.0 Å². The van der Waals surface area contributed by atoms with Gasteiger partial charge in [-0.25, -0.2) is 8.42 Å². The van der Waals surface area contributed by atoms with Gasteiger partial charge >= 0.3 is 6.18 Å². The molecule has 3 rings (SSSR count). The van der Waals surface area contributed by atoms with E-state index in [4.69, 9.17) is 0 Å². The Bertz CT molecular complexity index is 1110. The van der Waals surface area contributed by atoms with Crippen molar-refractivity contribution in [1.29, 1.82) is 0 Å². The van der Waals surface area contributed by atoms with Gasteiger partial charge in [0.2, 0.25) is 0 Å². The number of sulfone groups is 1. The molecule has 172 valence electrons. The summed E-state index contributed by atoms with van der Waals surface area (Å²) in [6, 6.07) is 10.6. The highest BCUT2D eigenvalue weighted by Gasteiger charge is 2.37. The van der Waals surface area contributed by atoms with Crippen LogP contribution in [0.3, 0.4) is 0 Å². The maximum Gasteiger partial charge on any atom is 0.417 e. The third-order valence-corrected chi connectivity index (χ3v) is 7.21. The number of halogens is 3. The second kappa shape index (κ2) is 9.32. The first-order chi connectivity index (χ1) is 15.1. The molecule has 1 heterocycles. The van der Waals surface area contributed by atoms with Crippen molar-refractivity contribution in [3.63, 3.8) is 0 Å². The standard InChI is InChI=1S/C22H23F3N2O4S/c1-2-15-32(30,31)19-10-6-4-8-17(19)21(29)27-13-11-26(12-14-27)20(28)16-7-3-5-9-18(16)22(23,24)25/h3-10H,2,11-15H2,1H3. The quantitative estimate of drug-likeness (QED) is 0.674. The van der Waals surface area contributed by atoms with Gasteiger partial charge in [0.05, 0.1) is 27.3 Å². The molecule has 2 amide bonds. The maximum absolute atomic E-state index is 13.2. The minimum Gasteiger partial charge on any atom is -0.335 e. The number of piperazine rings is 1. The summed E-state index contributed by atoms with van der Waals surface area (Å²) in [5, 5.41) is 0. The summed E-state index contributed by atoms with van der Waals surface area (Å²) >= 11 is 0. The Morgan fingerprint density at radius 2 is 1.31 bits per heavy atom. The number of amides is 2. The number of benzene rings is 2. The lowest BCUT2D eigenvalue weighted by Gasteiger charge is -2.35. The zero-order valence-electron chi connectivity index (χ0n) is 17.4. The van der Waals surface area contributed by atoms with Gasteiger partial charge in [-0.05, 0) is 30.7 Å². The molecule has 1 aliphatic heterocycles. The summed E-state index contributed by atoms with van der Waals surface area (Å²) in [6.45, 7) is 1.98. The number of carbonyl (C=O) groups excluding carboxylic acids is 2. The molecule has 1 fully saturated rings. The van der Waals surface area contributed by atoms with Crippen molar-refractivity contribution in [1.82, 2.24) is 9.80 Å². The van der Waals surface area contributed by atoms with Crippen LogP contribution in [0.2, 0.25) is 0 Å². The Balaban J connectivity index is 1.75. The van der Waals surface area contributed by atoms with Crippen molar-refractivity contribution >= 4 is 21.7 Å². The van der Waals surface area contributed by atoms with Crippen LogP contribution in [-0.2, 0) is 16.0 Å². The minimum atomic E-state index is -4.66. The summed E-state index contributed by atoms with van der Waals surface area (Å²) in [4.78, 5) is 28.4. The number of nitrogens with zero attached hydrogens (tertiary/aromatic N) is 2. The normalized spacial score (nSPS) is 15.0. The highest BCUT2D eigenvalue weighted by molar-refractivity contribution is 7.91. The van der Waals surface area contributed by atoms with E-state index in [1.54, 1.807) is 19.1 Å². The van der Waals surface area contributed by atoms with E-state index < -0.39 is 39.0 Å². The van der Waals surface area contributed by atoms with Crippen LogP contribution < -0.4 is 0 Å². The van der Waals surface area contributed by atoms with Gasteiger partial charge in [-0.3, -0.25) is 9.59 Å². The smallest absolute Gasteiger partial charge is 0.335 e. The monoisotopic (exact) mass is 468 g/mol. The predicted molar refractivity (Wildman–Crippen MR) is 112 cm³/mol. The van der Waals surface area contributed by atoms with Gasteiger partial charge in [0.25, 0.3) is 11.8 Å². The topological polar surface area (TPSA) is 74.8 Å². The highest BCUT2D eigenvalue weighted by Crippen LogP contribution is 2.32. The van der Waals surface area contributed by atoms with Crippen molar-refractivity contribution < 1.29 is 31.2 Å². The lowest BCUT2D eigenvalue weighted by molar-refractivity contribution is -0.138. The Labute approximate surface area is 184 Å². The second-order valence-corrected chi connectivity index (χ2v) is 9.52. The van der Waals surface area contributed by atoms with E-state index >= 15 is 0 Å². The van der Waals surface area contributed by atoms with Gasteiger partial charge in [0.1, 0.15) is 0 Å². The largest absolute Gasteiger partial charge is 0.417 e. The molecule has 0 radical (unpaired) electrons. The molecule has 0 aliphatic carbocycles. The fraction of sp³-hybridized carbons (Fsp3) is 0.364. The molecule has 0 N–H and O–H groups in total. The van der Waals surface area contributed by atoms with E-state index in [-0.39, 0.29) is 42.4 Å². The molecular formula is C22H23F3N2O4S. The molecule has 6 nitrogen and oxygen atoms in total. The highest BCUT2D eigenvalue weighted by atomic mass is 32.2. The summed E-state index contributed by atoms with van der Waals surface area (Å²) in [6.07, 6.45) is -4.25. The fourth-order valence-corrected chi connectivity index (χ4v) is 5.20. The molecule has 10 heteroatoms. The minimum absolute atomic E-state index is 0.0375. The molecule has 0 unspecified atom stereocenters. The van der Waals surface area contributed by atoms with Crippen LogP contribution in [0.5, 0.6) is 0 Å². The number of hydrogen-bond donors (Lipinski definition) is 0. The van der Waals surface area contributed by atoms with Crippen LogP contribution in [0.1, 0.15) is 39.6 Å². The molecule has 2 aromatic carbocycles. The van der Waals surface area contributed by atoms with Gasteiger partial charge in [0, 0.05) is 26.2 Å². The van der Waals surface area contributed by atoms with Crippen molar-refractivity contribution in [2.45, 2.75) is 24.4 Å². The van der Waals surface area contributed by atoms with E-state index in [2.05, 4.69) is 0 Å². The summed E-state index contributed by atoms with van der Waals surface area (Å²) < 4.78 is 64.8. The van der Waals surface area contributed by atoms with Crippen LogP contribution in [0.15, 0.2) is 53.4 Å². The van der Waals surface area contributed by atoms with E-state index in [1.807, 2.05) is 0 Å². The Kier molecular flexibility index (Phi) is 6.92. The molecule has 2 aromatic rings. The number of carbonyl (C=O) groups is 2. The van der Waals surface area contributed by atoms with E-state index in [9.17, 15) is 31.2 Å². The Hall–Kier alpha value is -2.88. The lowest BCUT2D eigenvalue weighted by atomic mass is 10.1. The fourth-order valence-electron chi connectivity index (χ4n) is 3.66. The van der Waals surface area contributed by atoms with Gasteiger partial charge in [-0.1, -0.05) is 31.2 Å². The molecule has 0 spiro atoms. The van der Waals surface area contributed by atoms with Crippen LogP contribution in [0, 0.1) is 0 Å². The number of hydrogen-bond acceptors (Lipinski definition) is 4. The van der Waals surface area contributed by atoms with Crippen LogP contribution in [0.25, 0.3) is 0 Å². The Morgan fingerprint density at radius 3 is 1.84 bits per heavy atom. The van der Waals surface area contributed by atoms with Crippen molar-refractivity contribution in [3.8, 4) is 0 Å². The number of alkyl halides is 3. The third-order valence-electron chi connectivity index (χ3n) is 5.24. The average Bonchev–Trinajstić information content (AvgIpc) is 2.77. The van der Waals surface area contributed by atoms with Crippen molar-refractivity contribution in [2.75, 3.05) is 31.9 Å². The van der Waals surface area contributed by atoms with Crippen LogP contribution >= 0.6 is 0 Å². The van der Waals surface area contributed by atoms with Gasteiger partial charge in [0.15, 0.2) is 9.84 Å². The second-order valence-electron chi connectivity index (χ2n) is 7.44. The van der Waals surface area contributed by atoms with Gasteiger partial charge < -0.3 is 9.80 Å². The van der Waals surface area contributed by atoms with Crippen LogP contribution in [0.4, 0.5) is 13.2 Å². The summed E-state index contributed by atoms with van der Waals surface area (Å²) in [5.41, 5.74) is -1.38. The molecule has 0 atom stereocenters. The SMILES string of the molecule is CCCS(=O)(=O)c1ccccc1C(=O)N1CCN(C(=O)c2ccccc2C(F)(F)F)CC1. The van der Waals surface area contributed by atoms with Gasteiger partial charge in [-0.2, -0.15) is 13.2 Å². The predicted octanol–water partition coefficient (Wildman–Crippen LogP) is 3.49. The first-order valence-corrected chi connectivity index (χ1v) is 11.8. The first-order valence-electron chi connectivity index (χ1n) is 10.1. The van der Waals surface area contributed by atoms with E-state index in [0.717, 1.165) is 12.1 Å². The zero-order chi connectivity index (χ0) is 23.5. The summed E-state index contributed by atoms with van der Waals surface area (Å²) in [7, 11) is -3.62. The molecule has 32 heavy (non-hydrogen) atoms. The van der Waals surface area contributed by atoms with Crippen molar-refractivity contribution in [2.24, 2.45) is 0 Å². The lowest BCUT2D eigenvalue weighted by Crippen LogP contribution is -2.51. The number of rotatable bonds is 5. The van der Waals surface area contributed by atoms with E-state index in [1.165, 1.54) is 34.1 Å².